The van der Waals surface area contributed by atoms with Crippen molar-refractivity contribution in [2.24, 2.45) is 5.92 Å². The van der Waals surface area contributed by atoms with E-state index in [1.54, 1.807) is 0 Å². The van der Waals surface area contributed by atoms with Crippen LogP contribution in [0, 0.1) is 5.92 Å². The van der Waals surface area contributed by atoms with Crippen molar-refractivity contribution in [3.8, 4) is 0 Å². The first kappa shape index (κ1) is 25.0. The molecule has 190 valence electrons. The second-order valence-electron chi connectivity index (χ2n) is 9.70. The summed E-state index contributed by atoms with van der Waals surface area (Å²) in [5, 5.41) is 5.63. The highest BCUT2D eigenvalue weighted by Crippen LogP contribution is 2.37. The molecule has 1 aliphatic carbocycles. The van der Waals surface area contributed by atoms with E-state index in [0.29, 0.717) is 37.7 Å². The number of amides is 5. The van der Waals surface area contributed by atoms with Gasteiger partial charge < -0.3 is 25.2 Å². The van der Waals surface area contributed by atoms with Gasteiger partial charge >= 0.3 is 6.03 Å². The van der Waals surface area contributed by atoms with E-state index in [1.165, 1.54) is 11.9 Å². The predicted octanol–water partition coefficient (Wildman–Crippen LogP) is 1.81. The van der Waals surface area contributed by atoms with Crippen molar-refractivity contribution in [2.75, 3.05) is 56.7 Å². The van der Waals surface area contributed by atoms with Gasteiger partial charge in [-0.05, 0) is 55.9 Å². The highest BCUT2D eigenvalue weighted by molar-refractivity contribution is 6.09. The average Bonchev–Trinajstić information content (AvgIpc) is 3.09. The quantitative estimate of drug-likeness (QED) is 0.570. The number of nitrogens with one attached hydrogen (secondary N) is 2. The van der Waals surface area contributed by atoms with Crippen LogP contribution in [0.4, 0.5) is 16.2 Å². The lowest BCUT2D eigenvalue weighted by atomic mass is 9.75. The minimum atomic E-state index is -0.883. The Bertz CT molecular complexity index is 951. The van der Waals surface area contributed by atoms with Gasteiger partial charge in [0.2, 0.25) is 11.8 Å². The summed E-state index contributed by atoms with van der Waals surface area (Å²) in [5.41, 5.74) is 0.812. The van der Waals surface area contributed by atoms with Crippen LogP contribution in [0.1, 0.15) is 39.0 Å². The van der Waals surface area contributed by atoms with Gasteiger partial charge in [0, 0.05) is 31.5 Å². The van der Waals surface area contributed by atoms with Crippen LogP contribution in [0.15, 0.2) is 24.3 Å². The Labute approximate surface area is 205 Å². The number of carbonyl (C=O) groups excluding carboxylic acids is 4. The fourth-order valence-electron chi connectivity index (χ4n) is 5.07. The van der Waals surface area contributed by atoms with E-state index >= 15 is 0 Å². The fourth-order valence-corrected chi connectivity index (χ4v) is 5.07. The normalized spacial score (nSPS) is 24.5. The van der Waals surface area contributed by atoms with Gasteiger partial charge in [0.15, 0.2) is 0 Å². The van der Waals surface area contributed by atoms with Crippen LogP contribution in [0.2, 0.25) is 0 Å². The Kier molecular flexibility index (Phi) is 7.59. The van der Waals surface area contributed by atoms with Crippen molar-refractivity contribution in [2.45, 2.75) is 44.6 Å². The summed E-state index contributed by atoms with van der Waals surface area (Å²) in [5.74, 6) is -0.582. The number of hydrogen-bond donors (Lipinski definition) is 2. The van der Waals surface area contributed by atoms with Crippen LogP contribution in [0.25, 0.3) is 0 Å². The molecule has 0 atom stereocenters. The third kappa shape index (κ3) is 5.58. The number of hydrogen-bond acceptors (Lipinski definition) is 6. The van der Waals surface area contributed by atoms with Crippen LogP contribution >= 0.6 is 0 Å². The maximum atomic E-state index is 13.0. The number of nitrogens with zero attached hydrogens (tertiary/aromatic N) is 3. The minimum Gasteiger partial charge on any atom is -0.378 e. The SMILES string of the molecule is CCC1CCC2(CC1)NC(=O)N(CC(=O)N(C)CC(=O)Nc1ccc(N3CCOCC3)cc1)C2=O. The number of rotatable bonds is 7. The van der Waals surface area contributed by atoms with Gasteiger partial charge in [0.05, 0.1) is 19.8 Å². The molecule has 4 rings (SSSR count). The molecule has 2 N–H and O–H groups in total. The Balaban J connectivity index is 1.27. The van der Waals surface area contributed by atoms with E-state index in [9.17, 15) is 19.2 Å². The van der Waals surface area contributed by atoms with E-state index in [4.69, 9.17) is 4.74 Å². The number of anilines is 2. The topological polar surface area (TPSA) is 111 Å². The molecule has 5 amide bonds. The molecule has 0 bridgehead atoms. The molecule has 35 heavy (non-hydrogen) atoms. The Morgan fingerprint density at radius 3 is 2.43 bits per heavy atom. The van der Waals surface area contributed by atoms with Gasteiger partial charge in [0.1, 0.15) is 12.1 Å². The lowest BCUT2D eigenvalue weighted by molar-refractivity contribution is -0.140. The zero-order valence-corrected chi connectivity index (χ0v) is 20.5. The average molecular weight is 486 g/mol. The maximum absolute atomic E-state index is 13.0. The van der Waals surface area contributed by atoms with E-state index < -0.39 is 17.5 Å². The summed E-state index contributed by atoms with van der Waals surface area (Å²) in [6, 6.07) is 7.00. The van der Waals surface area contributed by atoms with Gasteiger partial charge in [-0.25, -0.2) is 4.79 Å². The standard InChI is InChI=1S/C25H35N5O5/c1-3-18-8-10-25(11-9-18)23(33)30(24(34)27-25)17-22(32)28(2)16-21(31)26-19-4-6-20(7-5-19)29-12-14-35-15-13-29/h4-7,18H,3,8-17H2,1-2H3,(H,26,31)(H,27,34). The van der Waals surface area contributed by atoms with Crippen molar-refractivity contribution in [1.82, 2.24) is 15.1 Å². The van der Waals surface area contributed by atoms with Crippen LogP contribution in [0.5, 0.6) is 0 Å². The summed E-state index contributed by atoms with van der Waals surface area (Å²) < 4.78 is 5.37. The minimum absolute atomic E-state index is 0.184. The first-order valence-electron chi connectivity index (χ1n) is 12.4. The van der Waals surface area contributed by atoms with Crippen molar-refractivity contribution < 1.29 is 23.9 Å². The fraction of sp³-hybridized carbons (Fsp3) is 0.600. The molecule has 0 aromatic heterocycles. The van der Waals surface area contributed by atoms with Gasteiger partial charge in [-0.15, -0.1) is 0 Å². The molecule has 10 nitrogen and oxygen atoms in total. The third-order valence-electron chi connectivity index (χ3n) is 7.41. The third-order valence-corrected chi connectivity index (χ3v) is 7.41. The van der Waals surface area contributed by atoms with Crippen molar-refractivity contribution in [3.63, 3.8) is 0 Å². The highest BCUT2D eigenvalue weighted by Gasteiger charge is 2.52. The first-order valence-corrected chi connectivity index (χ1v) is 12.4. The molecular weight excluding hydrogens is 450 g/mol. The predicted molar refractivity (Wildman–Crippen MR) is 131 cm³/mol. The molecule has 1 aromatic carbocycles. The van der Waals surface area contributed by atoms with Gasteiger partial charge in [-0.2, -0.15) is 0 Å². The number of likely N-dealkylation sites (N-methyl/N-ethyl adjacent to an activating group) is 1. The Morgan fingerprint density at radius 2 is 1.80 bits per heavy atom. The highest BCUT2D eigenvalue weighted by atomic mass is 16.5. The number of carbonyl (C=O) groups is 4. The lowest BCUT2D eigenvalue weighted by Crippen LogP contribution is -2.50. The molecule has 3 fully saturated rings. The number of morpholine rings is 1. The summed E-state index contributed by atoms with van der Waals surface area (Å²) >= 11 is 0. The molecule has 1 spiro atoms. The number of ether oxygens (including phenoxy) is 1. The smallest absolute Gasteiger partial charge is 0.325 e. The molecule has 10 heteroatoms. The molecule has 3 aliphatic rings. The van der Waals surface area contributed by atoms with E-state index in [2.05, 4.69) is 22.5 Å². The summed E-state index contributed by atoms with van der Waals surface area (Å²) in [6.07, 6.45) is 4.04. The molecular formula is C25H35N5O5. The largest absolute Gasteiger partial charge is 0.378 e. The van der Waals surface area contributed by atoms with Crippen LogP contribution in [-0.2, 0) is 19.1 Å². The van der Waals surface area contributed by atoms with E-state index in [-0.39, 0.29) is 24.9 Å². The Morgan fingerprint density at radius 1 is 1.14 bits per heavy atom. The first-order chi connectivity index (χ1) is 16.8. The zero-order chi connectivity index (χ0) is 25.0. The van der Waals surface area contributed by atoms with E-state index in [0.717, 1.165) is 42.9 Å². The lowest BCUT2D eigenvalue weighted by Gasteiger charge is -2.34. The van der Waals surface area contributed by atoms with Gasteiger partial charge in [0.25, 0.3) is 5.91 Å². The van der Waals surface area contributed by atoms with Crippen molar-refractivity contribution in [3.05, 3.63) is 24.3 Å². The summed E-state index contributed by atoms with van der Waals surface area (Å²) in [7, 11) is 1.49. The summed E-state index contributed by atoms with van der Waals surface area (Å²) in [6.45, 7) is 4.63. The van der Waals surface area contributed by atoms with E-state index in [1.807, 2.05) is 24.3 Å². The molecule has 2 aliphatic heterocycles. The molecule has 1 saturated carbocycles. The van der Waals surface area contributed by atoms with Gasteiger partial charge in [-0.3, -0.25) is 19.3 Å². The molecule has 0 unspecified atom stereocenters. The molecule has 0 radical (unpaired) electrons. The van der Waals surface area contributed by atoms with Crippen LogP contribution in [0.3, 0.4) is 0 Å². The van der Waals surface area contributed by atoms with Crippen molar-refractivity contribution in [1.29, 1.82) is 0 Å². The number of benzene rings is 1. The second-order valence-corrected chi connectivity index (χ2v) is 9.70. The number of imide groups is 1. The summed E-state index contributed by atoms with van der Waals surface area (Å²) in [4.78, 5) is 55.2. The number of urea groups is 1. The zero-order valence-electron chi connectivity index (χ0n) is 20.5. The van der Waals surface area contributed by atoms with Crippen molar-refractivity contribution >= 4 is 35.1 Å². The molecule has 2 heterocycles. The second kappa shape index (κ2) is 10.6. The molecule has 2 saturated heterocycles. The van der Waals surface area contributed by atoms with Gasteiger partial charge in [-0.1, -0.05) is 13.3 Å². The maximum Gasteiger partial charge on any atom is 0.325 e. The van der Waals surface area contributed by atoms with Crippen LogP contribution in [-0.4, -0.2) is 85.5 Å². The monoisotopic (exact) mass is 485 g/mol. The molecule has 1 aromatic rings. The van der Waals surface area contributed by atoms with Crippen LogP contribution < -0.4 is 15.5 Å². The Hall–Kier alpha value is -3.14.